The molecule has 0 radical (unpaired) electrons. The fourth-order valence-corrected chi connectivity index (χ4v) is 2.09. The van der Waals surface area contributed by atoms with Crippen LogP contribution in [0.15, 0.2) is 34.8 Å². The molecule has 0 spiro atoms. The molecule has 7 heteroatoms. The molecule has 1 aliphatic rings. The van der Waals surface area contributed by atoms with E-state index < -0.39 is 41.1 Å². The Kier molecular flexibility index (Phi) is 6.60. The molecule has 1 rings (SSSR count). The van der Waals surface area contributed by atoms with Gasteiger partial charge in [0.25, 0.3) is 0 Å². The summed E-state index contributed by atoms with van der Waals surface area (Å²) in [7, 11) is 3.11. The molecule has 2 unspecified atom stereocenters. The summed E-state index contributed by atoms with van der Waals surface area (Å²) in [4.78, 5) is 25.7. The number of ketones is 1. The van der Waals surface area contributed by atoms with Gasteiger partial charge in [0.05, 0.1) is 12.2 Å². The van der Waals surface area contributed by atoms with Crippen molar-refractivity contribution in [3.8, 4) is 0 Å². The number of rotatable bonds is 6. The van der Waals surface area contributed by atoms with E-state index >= 15 is 0 Å². The van der Waals surface area contributed by atoms with Crippen LogP contribution in [0.1, 0.15) is 20.3 Å². The molecule has 0 aliphatic heterocycles. The van der Waals surface area contributed by atoms with Gasteiger partial charge in [-0.25, -0.2) is 18.0 Å². The third-order valence-corrected chi connectivity index (χ3v) is 3.22. The lowest BCUT2D eigenvalue weighted by molar-refractivity contribution is -0.139. The van der Waals surface area contributed by atoms with Gasteiger partial charge in [-0.1, -0.05) is 6.92 Å². The Morgan fingerprint density at radius 1 is 1.26 bits per heavy atom. The van der Waals surface area contributed by atoms with E-state index in [0.29, 0.717) is 0 Å². The Hall–Kier alpha value is -2.05. The van der Waals surface area contributed by atoms with E-state index in [0.717, 1.165) is 12.3 Å². The highest BCUT2D eigenvalue weighted by Crippen LogP contribution is 2.33. The van der Waals surface area contributed by atoms with Crippen molar-refractivity contribution in [2.24, 2.45) is 0 Å². The van der Waals surface area contributed by atoms with Gasteiger partial charge >= 0.3 is 5.97 Å². The summed E-state index contributed by atoms with van der Waals surface area (Å²) in [5.74, 6) is -3.49. The third kappa shape index (κ3) is 4.24. The van der Waals surface area contributed by atoms with Gasteiger partial charge in [0.2, 0.25) is 5.78 Å². The largest absolute Gasteiger partial charge is 0.462 e. The highest BCUT2D eigenvalue weighted by Gasteiger charge is 2.37. The van der Waals surface area contributed by atoms with E-state index in [1.807, 2.05) is 0 Å². The minimum atomic E-state index is -2.54. The maximum atomic E-state index is 14.0. The summed E-state index contributed by atoms with van der Waals surface area (Å²) in [6.45, 7) is 3.14. The second-order valence-electron chi connectivity index (χ2n) is 5.19. The van der Waals surface area contributed by atoms with Crippen molar-refractivity contribution in [3.63, 3.8) is 0 Å². The molecule has 4 nitrogen and oxygen atoms in total. The van der Waals surface area contributed by atoms with Crippen molar-refractivity contribution in [1.82, 2.24) is 4.90 Å². The number of Topliss-reactive ketones (excluding diaryl/α,β-unsaturated/α-hetero) is 1. The summed E-state index contributed by atoms with van der Waals surface area (Å²) in [5, 5.41) is 0. The normalized spacial score (nSPS) is 21.9. The number of carbonyl (C=O) groups excluding carboxylic acids is 2. The Balaban J connectivity index is 3.32. The van der Waals surface area contributed by atoms with Gasteiger partial charge in [0.15, 0.2) is 12.3 Å². The summed E-state index contributed by atoms with van der Waals surface area (Å²) in [6, 6.07) is 0. The number of hydrogen-bond donors (Lipinski definition) is 0. The van der Waals surface area contributed by atoms with Crippen LogP contribution in [-0.2, 0) is 14.3 Å². The van der Waals surface area contributed by atoms with Crippen molar-refractivity contribution in [3.05, 3.63) is 34.8 Å². The Morgan fingerprint density at radius 2 is 1.87 bits per heavy atom. The Bertz CT molecular complexity index is 579. The van der Waals surface area contributed by atoms with Crippen molar-refractivity contribution in [2.75, 3.05) is 20.7 Å². The summed E-state index contributed by atoms with van der Waals surface area (Å²) in [5.41, 5.74) is -1.13. The van der Waals surface area contributed by atoms with Crippen LogP contribution in [0.2, 0.25) is 0 Å². The molecular weight excluding hydrogens is 311 g/mol. The SMILES string of the molecule is CCOC(=O)/C(=C\N(C)C)C(=O)C1=C(F)C(F)C(F)C(CC)=C1. The maximum Gasteiger partial charge on any atom is 0.343 e. The average molecular weight is 331 g/mol. The first-order valence-corrected chi connectivity index (χ1v) is 7.22. The van der Waals surface area contributed by atoms with Gasteiger partial charge in [-0.3, -0.25) is 4.79 Å². The Labute approximate surface area is 133 Å². The van der Waals surface area contributed by atoms with E-state index in [1.54, 1.807) is 27.9 Å². The number of nitrogens with zero attached hydrogens (tertiary/aromatic N) is 1. The minimum Gasteiger partial charge on any atom is -0.462 e. The first-order chi connectivity index (χ1) is 10.7. The minimum absolute atomic E-state index is 0.0206. The van der Waals surface area contributed by atoms with Crippen molar-refractivity contribution in [2.45, 2.75) is 32.6 Å². The summed E-state index contributed by atoms with van der Waals surface area (Å²) < 4.78 is 46.2. The first kappa shape index (κ1) is 19.0. The number of ether oxygens (including phenoxy) is 1. The zero-order valence-corrected chi connectivity index (χ0v) is 13.5. The topological polar surface area (TPSA) is 46.6 Å². The first-order valence-electron chi connectivity index (χ1n) is 7.22. The molecule has 0 fully saturated rings. The van der Waals surface area contributed by atoms with Gasteiger partial charge in [0, 0.05) is 20.3 Å². The number of carbonyl (C=O) groups is 2. The van der Waals surface area contributed by atoms with Crippen LogP contribution in [0.4, 0.5) is 13.2 Å². The van der Waals surface area contributed by atoms with Gasteiger partial charge in [0.1, 0.15) is 11.4 Å². The number of hydrogen-bond acceptors (Lipinski definition) is 4. The molecule has 0 aromatic rings. The second kappa shape index (κ2) is 7.99. The second-order valence-corrected chi connectivity index (χ2v) is 5.19. The van der Waals surface area contributed by atoms with Gasteiger partial charge in [-0.2, -0.15) is 0 Å². The molecule has 1 aliphatic carbocycles. The maximum absolute atomic E-state index is 14.0. The molecular formula is C16H20F3NO3. The molecule has 0 saturated heterocycles. The Morgan fingerprint density at radius 3 is 2.35 bits per heavy atom. The summed E-state index contributed by atoms with van der Waals surface area (Å²) >= 11 is 0. The van der Waals surface area contributed by atoms with Crippen LogP contribution < -0.4 is 0 Å². The van der Waals surface area contributed by atoms with Gasteiger partial charge in [-0.15, -0.1) is 0 Å². The molecule has 128 valence electrons. The lowest BCUT2D eigenvalue weighted by Gasteiger charge is -2.22. The molecule has 0 bridgehead atoms. The van der Waals surface area contributed by atoms with Crippen LogP contribution in [0.5, 0.6) is 0 Å². The molecule has 0 aromatic heterocycles. The molecule has 23 heavy (non-hydrogen) atoms. The van der Waals surface area contributed by atoms with Crippen LogP contribution in [0.3, 0.4) is 0 Å². The fraction of sp³-hybridized carbons (Fsp3) is 0.500. The van der Waals surface area contributed by atoms with E-state index in [9.17, 15) is 22.8 Å². The predicted octanol–water partition coefficient (Wildman–Crippen LogP) is 2.81. The molecule has 2 atom stereocenters. The summed E-state index contributed by atoms with van der Waals surface area (Å²) in [6.07, 6.45) is -2.41. The van der Waals surface area contributed by atoms with E-state index in [1.165, 1.54) is 4.90 Å². The lowest BCUT2D eigenvalue weighted by atomic mass is 9.89. The number of allylic oxidation sites excluding steroid dienone is 4. The number of alkyl halides is 2. The predicted molar refractivity (Wildman–Crippen MR) is 79.7 cm³/mol. The fourth-order valence-electron chi connectivity index (χ4n) is 2.09. The van der Waals surface area contributed by atoms with Crippen molar-refractivity contribution < 1.29 is 27.5 Å². The van der Waals surface area contributed by atoms with Gasteiger partial charge in [-0.05, 0) is 25.0 Å². The molecule has 0 N–H and O–H groups in total. The van der Waals surface area contributed by atoms with E-state index in [-0.39, 0.29) is 18.6 Å². The highest BCUT2D eigenvalue weighted by molar-refractivity contribution is 6.25. The monoisotopic (exact) mass is 331 g/mol. The van der Waals surface area contributed by atoms with Crippen molar-refractivity contribution >= 4 is 11.8 Å². The lowest BCUT2D eigenvalue weighted by Crippen LogP contribution is -2.29. The smallest absolute Gasteiger partial charge is 0.343 e. The molecule has 0 heterocycles. The number of esters is 1. The highest BCUT2D eigenvalue weighted by atomic mass is 19.2. The molecule has 0 saturated carbocycles. The number of halogens is 3. The average Bonchev–Trinajstić information content (AvgIpc) is 2.50. The van der Waals surface area contributed by atoms with Gasteiger partial charge < -0.3 is 9.64 Å². The quantitative estimate of drug-likeness (QED) is 0.325. The van der Waals surface area contributed by atoms with Crippen molar-refractivity contribution in [1.29, 1.82) is 0 Å². The zero-order chi connectivity index (χ0) is 17.7. The standard InChI is InChI=1S/C16H20F3NO3/c1-5-9-7-10(13(18)14(19)12(9)17)15(21)11(8-20(3)4)16(22)23-6-2/h7-8,12,14H,5-6H2,1-4H3/b11-8-. The van der Waals surface area contributed by atoms with Crippen LogP contribution in [-0.4, -0.2) is 49.7 Å². The van der Waals surface area contributed by atoms with Crippen LogP contribution in [0, 0.1) is 0 Å². The third-order valence-electron chi connectivity index (χ3n) is 3.22. The van der Waals surface area contributed by atoms with E-state index in [4.69, 9.17) is 4.74 Å². The van der Waals surface area contributed by atoms with Crippen LogP contribution in [0.25, 0.3) is 0 Å². The molecule has 0 amide bonds. The van der Waals surface area contributed by atoms with E-state index in [2.05, 4.69) is 0 Å². The zero-order valence-electron chi connectivity index (χ0n) is 13.5. The van der Waals surface area contributed by atoms with Crippen LogP contribution >= 0.6 is 0 Å². The molecule has 0 aromatic carbocycles.